The zero-order chi connectivity index (χ0) is 13.1. The molecule has 2 aliphatic rings. The summed E-state index contributed by atoms with van der Waals surface area (Å²) in [5.74, 6) is 1.14. The van der Waals surface area contributed by atoms with Crippen molar-refractivity contribution >= 4 is 5.82 Å². The lowest BCUT2D eigenvalue weighted by molar-refractivity contribution is 0.253. The summed E-state index contributed by atoms with van der Waals surface area (Å²) in [6.07, 6.45) is 9.73. The molecule has 0 spiro atoms. The lowest BCUT2D eigenvalue weighted by Gasteiger charge is -2.26. The molecule has 1 atom stereocenters. The highest BCUT2D eigenvalue weighted by atomic mass is 15.2. The van der Waals surface area contributed by atoms with Crippen molar-refractivity contribution in [1.82, 2.24) is 9.88 Å². The van der Waals surface area contributed by atoms with Gasteiger partial charge in [0, 0.05) is 23.8 Å². The molecule has 3 rings (SSSR count). The Kier molecular flexibility index (Phi) is 4.02. The lowest BCUT2D eigenvalue weighted by atomic mass is 10.0. The van der Waals surface area contributed by atoms with Crippen molar-refractivity contribution in [3.63, 3.8) is 0 Å². The van der Waals surface area contributed by atoms with Crippen LogP contribution < -0.4 is 5.32 Å². The van der Waals surface area contributed by atoms with Gasteiger partial charge >= 0.3 is 0 Å². The van der Waals surface area contributed by atoms with Gasteiger partial charge in [-0.3, -0.25) is 4.90 Å². The van der Waals surface area contributed by atoms with Gasteiger partial charge in [-0.1, -0.05) is 19.4 Å². The Balaban J connectivity index is 1.75. The average Bonchev–Trinajstić information content (AvgIpc) is 3.13. The molecule has 0 aromatic carbocycles. The standard InChI is InChI=1S/C16H25N3/c1-2-3-11-19-12-5-7-15(19)14-6-4-10-17-16(14)18-13-8-9-13/h4,6,10,13,15H,2-3,5,7-9,11-12H2,1H3,(H,17,18)/t15-/m0/s1. The quantitative estimate of drug-likeness (QED) is 0.846. The van der Waals surface area contributed by atoms with Crippen LogP contribution in [0.2, 0.25) is 0 Å². The smallest absolute Gasteiger partial charge is 0.130 e. The molecule has 104 valence electrons. The van der Waals surface area contributed by atoms with E-state index >= 15 is 0 Å². The molecular formula is C16H25N3. The Hall–Kier alpha value is -1.09. The Morgan fingerprint density at radius 1 is 1.37 bits per heavy atom. The molecular weight excluding hydrogens is 234 g/mol. The number of rotatable bonds is 6. The third kappa shape index (κ3) is 3.08. The third-order valence-corrected chi connectivity index (χ3v) is 4.28. The van der Waals surface area contributed by atoms with E-state index in [4.69, 9.17) is 0 Å². The van der Waals surface area contributed by atoms with E-state index in [0.717, 1.165) is 5.82 Å². The monoisotopic (exact) mass is 259 g/mol. The molecule has 1 saturated carbocycles. The maximum atomic E-state index is 4.58. The average molecular weight is 259 g/mol. The molecule has 3 heteroatoms. The van der Waals surface area contributed by atoms with Crippen LogP contribution in [0.5, 0.6) is 0 Å². The molecule has 1 aromatic rings. The van der Waals surface area contributed by atoms with Gasteiger partial charge in [0.25, 0.3) is 0 Å². The highest BCUT2D eigenvalue weighted by Gasteiger charge is 2.29. The van der Waals surface area contributed by atoms with Crippen molar-refractivity contribution in [2.24, 2.45) is 0 Å². The Bertz CT molecular complexity index is 414. The molecule has 0 amide bonds. The summed E-state index contributed by atoms with van der Waals surface area (Å²) in [6.45, 7) is 4.76. The molecule has 1 aliphatic carbocycles. The van der Waals surface area contributed by atoms with Gasteiger partial charge in [0.2, 0.25) is 0 Å². The van der Waals surface area contributed by atoms with E-state index in [1.807, 2.05) is 6.20 Å². The van der Waals surface area contributed by atoms with E-state index < -0.39 is 0 Å². The Morgan fingerprint density at radius 3 is 3.05 bits per heavy atom. The topological polar surface area (TPSA) is 28.2 Å². The number of hydrogen-bond acceptors (Lipinski definition) is 3. The summed E-state index contributed by atoms with van der Waals surface area (Å²) in [4.78, 5) is 7.23. The first-order valence-electron chi connectivity index (χ1n) is 7.84. The molecule has 3 nitrogen and oxygen atoms in total. The lowest BCUT2D eigenvalue weighted by Crippen LogP contribution is -2.25. The fourth-order valence-corrected chi connectivity index (χ4v) is 3.04. The van der Waals surface area contributed by atoms with Gasteiger partial charge in [0.15, 0.2) is 0 Å². The first-order valence-corrected chi connectivity index (χ1v) is 7.84. The van der Waals surface area contributed by atoms with Crippen molar-refractivity contribution in [3.8, 4) is 0 Å². The molecule has 0 bridgehead atoms. The molecule has 1 saturated heterocycles. The van der Waals surface area contributed by atoms with E-state index in [2.05, 4.69) is 34.3 Å². The van der Waals surface area contributed by atoms with Gasteiger partial charge < -0.3 is 5.32 Å². The van der Waals surface area contributed by atoms with Crippen LogP contribution in [0.1, 0.15) is 57.1 Å². The van der Waals surface area contributed by atoms with Gasteiger partial charge in [-0.15, -0.1) is 0 Å². The molecule has 0 radical (unpaired) electrons. The number of anilines is 1. The first kappa shape index (κ1) is 12.9. The van der Waals surface area contributed by atoms with Crippen LogP contribution >= 0.6 is 0 Å². The van der Waals surface area contributed by atoms with Crippen LogP contribution in [0.4, 0.5) is 5.82 Å². The summed E-state index contributed by atoms with van der Waals surface area (Å²) in [7, 11) is 0. The maximum absolute atomic E-state index is 4.58. The molecule has 1 aromatic heterocycles. The molecule has 0 unspecified atom stereocenters. The molecule has 1 N–H and O–H groups in total. The summed E-state index contributed by atoms with van der Waals surface area (Å²) in [5, 5.41) is 3.60. The van der Waals surface area contributed by atoms with Crippen LogP contribution in [-0.4, -0.2) is 29.0 Å². The predicted octanol–water partition coefficient (Wildman–Crippen LogP) is 3.59. The van der Waals surface area contributed by atoms with Gasteiger partial charge in [-0.25, -0.2) is 4.98 Å². The number of hydrogen-bond donors (Lipinski definition) is 1. The number of nitrogens with zero attached hydrogens (tertiary/aromatic N) is 2. The second-order valence-electron chi connectivity index (χ2n) is 5.91. The van der Waals surface area contributed by atoms with Crippen molar-refractivity contribution in [3.05, 3.63) is 23.9 Å². The van der Waals surface area contributed by atoms with Crippen molar-refractivity contribution < 1.29 is 0 Å². The summed E-state index contributed by atoms with van der Waals surface area (Å²) >= 11 is 0. The molecule has 19 heavy (non-hydrogen) atoms. The Labute approximate surface area is 116 Å². The van der Waals surface area contributed by atoms with E-state index in [1.165, 1.54) is 57.2 Å². The first-order chi connectivity index (χ1) is 9.38. The second-order valence-corrected chi connectivity index (χ2v) is 5.91. The normalized spacial score (nSPS) is 23.7. The van der Waals surface area contributed by atoms with Gasteiger partial charge in [-0.05, 0) is 51.3 Å². The minimum absolute atomic E-state index is 0.585. The number of aromatic nitrogens is 1. The SMILES string of the molecule is CCCCN1CCC[C@H]1c1cccnc1NC1CC1. The van der Waals surface area contributed by atoms with Gasteiger partial charge in [0.1, 0.15) is 5.82 Å². The maximum Gasteiger partial charge on any atom is 0.130 e. The third-order valence-electron chi connectivity index (χ3n) is 4.28. The minimum atomic E-state index is 0.585. The largest absolute Gasteiger partial charge is 0.367 e. The van der Waals surface area contributed by atoms with Crippen molar-refractivity contribution in [2.75, 3.05) is 18.4 Å². The summed E-state index contributed by atoms with van der Waals surface area (Å²) in [6, 6.07) is 5.62. The number of likely N-dealkylation sites (tertiary alicyclic amines) is 1. The van der Waals surface area contributed by atoms with Crippen molar-refractivity contribution in [2.45, 2.75) is 57.5 Å². The van der Waals surface area contributed by atoms with Crippen LogP contribution in [0.15, 0.2) is 18.3 Å². The van der Waals surface area contributed by atoms with Crippen molar-refractivity contribution in [1.29, 1.82) is 0 Å². The number of pyridine rings is 1. The fourth-order valence-electron chi connectivity index (χ4n) is 3.04. The van der Waals surface area contributed by atoms with E-state index in [1.54, 1.807) is 0 Å². The number of nitrogens with one attached hydrogen (secondary N) is 1. The van der Waals surface area contributed by atoms with Crippen LogP contribution in [-0.2, 0) is 0 Å². The molecule has 2 heterocycles. The predicted molar refractivity (Wildman–Crippen MR) is 79.3 cm³/mol. The Morgan fingerprint density at radius 2 is 2.26 bits per heavy atom. The fraction of sp³-hybridized carbons (Fsp3) is 0.688. The summed E-state index contributed by atoms with van der Waals surface area (Å²) in [5.41, 5.74) is 1.42. The molecule has 2 fully saturated rings. The van der Waals surface area contributed by atoms with Crippen LogP contribution in [0.25, 0.3) is 0 Å². The number of unbranched alkanes of at least 4 members (excludes halogenated alkanes) is 1. The van der Waals surface area contributed by atoms with Gasteiger partial charge in [0.05, 0.1) is 0 Å². The van der Waals surface area contributed by atoms with Crippen LogP contribution in [0, 0.1) is 0 Å². The highest BCUT2D eigenvalue weighted by Crippen LogP contribution is 2.36. The van der Waals surface area contributed by atoms with E-state index in [0.29, 0.717) is 12.1 Å². The van der Waals surface area contributed by atoms with E-state index in [9.17, 15) is 0 Å². The zero-order valence-electron chi connectivity index (χ0n) is 11.9. The van der Waals surface area contributed by atoms with Crippen LogP contribution in [0.3, 0.4) is 0 Å². The van der Waals surface area contributed by atoms with E-state index in [-0.39, 0.29) is 0 Å². The second kappa shape index (κ2) is 5.91. The molecule has 1 aliphatic heterocycles. The van der Waals surface area contributed by atoms with Gasteiger partial charge in [-0.2, -0.15) is 0 Å². The zero-order valence-corrected chi connectivity index (χ0v) is 11.9. The minimum Gasteiger partial charge on any atom is -0.367 e. The summed E-state index contributed by atoms with van der Waals surface area (Å²) < 4.78 is 0. The highest BCUT2D eigenvalue weighted by molar-refractivity contribution is 5.47.